The number of ether oxygens (including phenoxy) is 1. The van der Waals surface area contributed by atoms with E-state index in [1.54, 1.807) is 0 Å². The molecule has 1 heterocycles. The van der Waals surface area contributed by atoms with Crippen LogP contribution in [0, 0.1) is 0 Å². The summed E-state index contributed by atoms with van der Waals surface area (Å²) in [4.78, 5) is 14.5. The molecule has 0 unspecified atom stereocenters. The molecule has 1 fully saturated rings. The largest absolute Gasteiger partial charge is 0.376 e. The molecule has 0 radical (unpaired) electrons. The van der Waals surface area contributed by atoms with Gasteiger partial charge in [-0.05, 0) is 56.2 Å². The highest BCUT2D eigenvalue weighted by Crippen LogP contribution is 2.24. The molecule has 4 nitrogen and oxygen atoms in total. The molecule has 1 aliphatic carbocycles. The monoisotopic (exact) mass is 316 g/mol. The Kier molecular flexibility index (Phi) is 5.34. The number of nitrogens with one attached hydrogen (secondary N) is 1. The van der Waals surface area contributed by atoms with Crippen molar-refractivity contribution < 1.29 is 9.53 Å². The average Bonchev–Trinajstić information content (AvgIpc) is 2.54. The van der Waals surface area contributed by atoms with Gasteiger partial charge in [-0.15, -0.1) is 0 Å². The number of hydrogen-bond donors (Lipinski definition) is 1. The summed E-state index contributed by atoms with van der Waals surface area (Å²) in [5, 5.41) is 3.14. The van der Waals surface area contributed by atoms with Crippen molar-refractivity contribution >= 4 is 5.91 Å². The summed E-state index contributed by atoms with van der Waals surface area (Å²) >= 11 is 0. The number of nitrogens with zero attached hydrogens (tertiary/aromatic N) is 1. The van der Waals surface area contributed by atoms with E-state index in [9.17, 15) is 4.79 Å². The van der Waals surface area contributed by atoms with Crippen molar-refractivity contribution in [1.29, 1.82) is 0 Å². The van der Waals surface area contributed by atoms with Crippen molar-refractivity contribution in [3.8, 4) is 0 Å². The maximum atomic E-state index is 12.3. The Labute approximate surface area is 139 Å². The Hall–Kier alpha value is -1.39. The molecule has 2 atom stereocenters. The van der Waals surface area contributed by atoms with Crippen LogP contribution >= 0.6 is 0 Å². The molecule has 0 bridgehead atoms. The van der Waals surface area contributed by atoms with E-state index in [0.29, 0.717) is 6.54 Å². The molecule has 1 aliphatic heterocycles. The number of amides is 1. The minimum absolute atomic E-state index is 0.0631. The van der Waals surface area contributed by atoms with Crippen molar-refractivity contribution in [1.82, 2.24) is 10.2 Å². The minimum atomic E-state index is 0.0631. The summed E-state index contributed by atoms with van der Waals surface area (Å²) < 4.78 is 5.52. The van der Waals surface area contributed by atoms with Crippen molar-refractivity contribution in [2.24, 2.45) is 0 Å². The van der Waals surface area contributed by atoms with Crippen LogP contribution in [0.2, 0.25) is 0 Å². The van der Waals surface area contributed by atoms with E-state index in [2.05, 4.69) is 42.3 Å². The summed E-state index contributed by atoms with van der Waals surface area (Å²) in [5.74, 6) is 0.101. The third kappa shape index (κ3) is 4.33. The summed E-state index contributed by atoms with van der Waals surface area (Å²) in [6.45, 7) is 6.98. The summed E-state index contributed by atoms with van der Waals surface area (Å²) in [6.07, 6.45) is 5.18. The fourth-order valence-electron chi connectivity index (χ4n) is 3.63. The number of hydrogen-bond acceptors (Lipinski definition) is 3. The van der Waals surface area contributed by atoms with Gasteiger partial charge in [0, 0.05) is 13.1 Å². The number of morpholine rings is 1. The molecule has 1 amide bonds. The number of carbonyl (C=O) groups excluding carboxylic acids is 1. The van der Waals surface area contributed by atoms with E-state index in [1.165, 1.54) is 42.4 Å². The summed E-state index contributed by atoms with van der Waals surface area (Å²) in [7, 11) is 0. The number of carbonyl (C=O) groups is 1. The Morgan fingerprint density at radius 2 is 2.13 bits per heavy atom. The molecule has 1 N–H and O–H groups in total. The first-order valence-electron chi connectivity index (χ1n) is 8.87. The number of rotatable bonds is 4. The predicted molar refractivity (Wildman–Crippen MR) is 91.5 cm³/mol. The smallest absolute Gasteiger partial charge is 0.234 e. The first kappa shape index (κ1) is 16.5. The molecule has 0 aromatic heterocycles. The maximum Gasteiger partial charge on any atom is 0.234 e. The van der Waals surface area contributed by atoms with Gasteiger partial charge in [-0.1, -0.05) is 18.2 Å². The van der Waals surface area contributed by atoms with E-state index in [0.717, 1.165) is 19.7 Å². The molecule has 1 aromatic carbocycles. The predicted octanol–water partition coefficient (Wildman–Crippen LogP) is 2.46. The average molecular weight is 316 g/mol. The topological polar surface area (TPSA) is 41.6 Å². The van der Waals surface area contributed by atoms with Crippen molar-refractivity contribution in [2.45, 2.75) is 51.7 Å². The van der Waals surface area contributed by atoms with Gasteiger partial charge < -0.3 is 10.1 Å². The van der Waals surface area contributed by atoms with E-state index in [4.69, 9.17) is 4.74 Å². The Morgan fingerprint density at radius 1 is 1.35 bits per heavy atom. The lowest BCUT2D eigenvalue weighted by molar-refractivity contribution is -0.124. The SMILES string of the molecule is C[C@H]1CN(CC(=O)N[C@H](C)c2ccc3c(c2)CCCC3)CCO1. The van der Waals surface area contributed by atoms with Crippen molar-refractivity contribution in [3.63, 3.8) is 0 Å². The van der Waals surface area contributed by atoms with E-state index < -0.39 is 0 Å². The van der Waals surface area contributed by atoms with Crippen LogP contribution in [0.3, 0.4) is 0 Å². The van der Waals surface area contributed by atoms with Gasteiger partial charge in [0.1, 0.15) is 0 Å². The lowest BCUT2D eigenvalue weighted by Gasteiger charge is -2.30. The highest BCUT2D eigenvalue weighted by Gasteiger charge is 2.20. The van der Waals surface area contributed by atoms with Crippen LogP contribution in [-0.2, 0) is 22.4 Å². The van der Waals surface area contributed by atoms with Crippen molar-refractivity contribution in [3.05, 3.63) is 34.9 Å². The quantitative estimate of drug-likeness (QED) is 0.928. The van der Waals surface area contributed by atoms with Crippen LogP contribution in [0.15, 0.2) is 18.2 Å². The zero-order chi connectivity index (χ0) is 16.2. The zero-order valence-corrected chi connectivity index (χ0v) is 14.3. The van der Waals surface area contributed by atoms with Crippen LogP contribution in [0.1, 0.15) is 49.4 Å². The Morgan fingerprint density at radius 3 is 2.91 bits per heavy atom. The van der Waals surface area contributed by atoms with Gasteiger partial charge in [-0.3, -0.25) is 9.69 Å². The third-order valence-corrected chi connectivity index (χ3v) is 4.94. The number of aryl methyl sites for hydroxylation is 2. The number of benzene rings is 1. The van der Waals surface area contributed by atoms with Gasteiger partial charge in [0.2, 0.25) is 5.91 Å². The van der Waals surface area contributed by atoms with Gasteiger partial charge in [-0.2, -0.15) is 0 Å². The van der Waals surface area contributed by atoms with Gasteiger partial charge >= 0.3 is 0 Å². The van der Waals surface area contributed by atoms with E-state index >= 15 is 0 Å². The first-order chi connectivity index (χ1) is 11.1. The molecule has 0 spiro atoms. The fraction of sp³-hybridized carbons (Fsp3) is 0.632. The fourth-order valence-corrected chi connectivity index (χ4v) is 3.63. The van der Waals surface area contributed by atoms with Gasteiger partial charge in [0.25, 0.3) is 0 Å². The van der Waals surface area contributed by atoms with Crippen LogP contribution in [-0.4, -0.2) is 43.2 Å². The lowest BCUT2D eigenvalue weighted by Crippen LogP contribution is -2.46. The first-order valence-corrected chi connectivity index (χ1v) is 8.87. The van der Waals surface area contributed by atoms with Crippen LogP contribution in [0.25, 0.3) is 0 Å². The molecule has 126 valence electrons. The third-order valence-electron chi connectivity index (χ3n) is 4.94. The van der Waals surface area contributed by atoms with E-state index in [1.807, 2.05) is 0 Å². The second kappa shape index (κ2) is 7.45. The van der Waals surface area contributed by atoms with Crippen LogP contribution in [0.5, 0.6) is 0 Å². The second-order valence-corrected chi connectivity index (χ2v) is 6.94. The molecule has 4 heteroatoms. The van der Waals surface area contributed by atoms with Gasteiger partial charge in [0.05, 0.1) is 25.3 Å². The zero-order valence-electron chi connectivity index (χ0n) is 14.3. The van der Waals surface area contributed by atoms with Gasteiger partial charge in [0.15, 0.2) is 0 Å². The van der Waals surface area contributed by atoms with Crippen LogP contribution < -0.4 is 5.32 Å². The second-order valence-electron chi connectivity index (χ2n) is 6.94. The summed E-state index contributed by atoms with van der Waals surface area (Å²) in [5.41, 5.74) is 4.17. The molecular formula is C19H28N2O2. The Balaban J connectivity index is 1.55. The molecule has 0 saturated carbocycles. The van der Waals surface area contributed by atoms with E-state index in [-0.39, 0.29) is 18.1 Å². The van der Waals surface area contributed by atoms with Crippen LogP contribution in [0.4, 0.5) is 0 Å². The maximum absolute atomic E-state index is 12.3. The molecule has 23 heavy (non-hydrogen) atoms. The van der Waals surface area contributed by atoms with Gasteiger partial charge in [-0.25, -0.2) is 0 Å². The Bertz CT molecular complexity index is 558. The highest BCUT2D eigenvalue weighted by atomic mass is 16.5. The molecule has 1 aromatic rings. The molecular weight excluding hydrogens is 288 g/mol. The molecule has 2 aliphatic rings. The molecule has 1 saturated heterocycles. The van der Waals surface area contributed by atoms with Crippen molar-refractivity contribution in [2.75, 3.05) is 26.2 Å². The minimum Gasteiger partial charge on any atom is -0.376 e. The molecule has 3 rings (SSSR count). The summed E-state index contributed by atoms with van der Waals surface area (Å²) in [6, 6.07) is 6.77. The lowest BCUT2D eigenvalue weighted by atomic mass is 9.89. The normalized spacial score (nSPS) is 23.1. The standard InChI is InChI=1S/C19H28N2O2/c1-14-12-21(9-10-23-14)13-19(22)20-15(2)17-8-7-16-5-3-4-6-18(16)11-17/h7-8,11,14-15H,3-6,9-10,12-13H2,1-2H3,(H,20,22)/t14-,15+/m0/s1. The highest BCUT2D eigenvalue weighted by molar-refractivity contribution is 5.78. The number of fused-ring (bicyclic) bond motifs is 1.